The molecule has 2 unspecified atom stereocenters. The number of nitrogens with zero attached hydrogens (tertiary/aromatic N) is 1. The van der Waals surface area contributed by atoms with Gasteiger partial charge in [-0.3, -0.25) is 0 Å². The number of rotatable bonds is 0. The van der Waals surface area contributed by atoms with Gasteiger partial charge in [-0.05, 0) is 7.05 Å². The van der Waals surface area contributed by atoms with Crippen LogP contribution in [-0.2, 0) is 32.7 Å². The van der Waals surface area contributed by atoms with E-state index in [1.54, 1.807) is 0 Å². The van der Waals surface area contributed by atoms with Crippen LogP contribution in [0, 0.1) is 13.8 Å². The number of hydrogen-bond donors (Lipinski definition) is 0. The first kappa shape index (κ1) is 9.06. The summed E-state index contributed by atoms with van der Waals surface area (Å²) in [5.41, 5.74) is 0. The van der Waals surface area contributed by atoms with E-state index in [1.807, 2.05) is 0 Å². The topological polar surface area (TPSA) is 3.24 Å². The molecule has 2 atom stereocenters. The Morgan fingerprint density at radius 2 is 1.75 bits per heavy atom. The summed E-state index contributed by atoms with van der Waals surface area (Å²) in [6.07, 6.45) is 1.16. The van der Waals surface area contributed by atoms with Gasteiger partial charge in [0, 0.05) is 32.7 Å². The molecule has 45 valence electrons. The molecule has 1 aliphatic rings. The Hall–Kier alpha value is 1.06. The number of hydrogen-bond acceptors (Lipinski definition) is 1. The van der Waals surface area contributed by atoms with E-state index in [2.05, 4.69) is 25.8 Å². The maximum atomic E-state index is 3.86. The Balaban J connectivity index is 0.000000490. The minimum atomic E-state index is 0. The molecule has 0 bridgehead atoms. The van der Waals surface area contributed by atoms with Crippen LogP contribution in [0.25, 0.3) is 0 Å². The quantitative estimate of drug-likeness (QED) is 0.504. The van der Waals surface area contributed by atoms with E-state index in [9.17, 15) is 0 Å². The summed E-state index contributed by atoms with van der Waals surface area (Å²) in [4.78, 5) is 2.17. The van der Waals surface area contributed by atoms with Crippen molar-refractivity contribution >= 4 is 0 Å². The Labute approximate surface area is 76.7 Å². The van der Waals surface area contributed by atoms with Crippen LogP contribution in [0.3, 0.4) is 0 Å². The zero-order chi connectivity index (χ0) is 5.44. The first-order valence-corrected chi connectivity index (χ1v) is 2.60. The van der Waals surface area contributed by atoms with Crippen LogP contribution in [0.4, 0.5) is 0 Å². The van der Waals surface area contributed by atoms with Gasteiger partial charge in [0.2, 0.25) is 0 Å². The summed E-state index contributed by atoms with van der Waals surface area (Å²) >= 11 is 0. The molecule has 2 heteroatoms. The summed E-state index contributed by atoms with van der Waals surface area (Å²) < 4.78 is 0. The third-order valence-electron chi connectivity index (χ3n) is 1.70. The van der Waals surface area contributed by atoms with Gasteiger partial charge >= 0.3 is 0 Å². The normalized spacial score (nSPS) is 37.9. The molecular weight excluding hydrogens is 175 g/mol. The molecule has 1 radical (unpaired) electrons. The van der Waals surface area contributed by atoms with E-state index in [1.165, 1.54) is 0 Å². The molecule has 0 aromatic heterocycles. The molecular formula is C6H11NY-2. The summed E-state index contributed by atoms with van der Waals surface area (Å²) in [6, 6.07) is 1.06. The van der Waals surface area contributed by atoms with Gasteiger partial charge in [0.25, 0.3) is 0 Å². The van der Waals surface area contributed by atoms with E-state index in [4.69, 9.17) is 0 Å². The molecule has 1 aliphatic heterocycles. The van der Waals surface area contributed by atoms with Crippen molar-refractivity contribution in [2.75, 3.05) is 7.05 Å². The zero-order valence-corrected chi connectivity index (χ0v) is 8.14. The molecule has 0 amide bonds. The van der Waals surface area contributed by atoms with Crippen LogP contribution in [0.15, 0.2) is 0 Å². The molecule has 1 fully saturated rings. The molecule has 0 aromatic rings. The van der Waals surface area contributed by atoms with Crippen LogP contribution in [0.5, 0.6) is 0 Å². The van der Waals surface area contributed by atoms with Gasteiger partial charge in [0.05, 0.1) is 0 Å². The van der Waals surface area contributed by atoms with Crippen molar-refractivity contribution < 1.29 is 32.7 Å². The summed E-state index contributed by atoms with van der Waals surface area (Å²) in [6.45, 7) is 7.72. The molecule has 1 saturated heterocycles. The van der Waals surface area contributed by atoms with Crippen molar-refractivity contribution in [3.8, 4) is 0 Å². The second-order valence-electron chi connectivity index (χ2n) is 2.21. The maximum Gasteiger partial charge on any atom is 0 e. The predicted molar refractivity (Wildman–Crippen MR) is 30.7 cm³/mol. The molecule has 0 saturated carbocycles. The smallest absolute Gasteiger partial charge is 0 e. The molecule has 1 rings (SSSR count). The number of likely N-dealkylation sites (tertiary alicyclic amines) is 1. The summed E-state index contributed by atoms with van der Waals surface area (Å²) in [5.74, 6) is 0. The minimum Gasteiger partial charge on any atom is -0.360 e. The summed E-state index contributed by atoms with van der Waals surface area (Å²) in [5, 5.41) is 0. The van der Waals surface area contributed by atoms with Gasteiger partial charge < -0.3 is 18.7 Å². The Kier molecular flexibility index (Phi) is 3.72. The van der Waals surface area contributed by atoms with Crippen LogP contribution >= 0.6 is 0 Å². The zero-order valence-electron chi connectivity index (χ0n) is 5.30. The van der Waals surface area contributed by atoms with Crippen LogP contribution in [-0.4, -0.2) is 24.0 Å². The SMILES string of the molecule is [CH2-]C1CC([CH2-])N1C.[Y]. The largest absolute Gasteiger partial charge is 0.360 e. The third-order valence-corrected chi connectivity index (χ3v) is 1.70. The van der Waals surface area contributed by atoms with Gasteiger partial charge in [0.1, 0.15) is 0 Å². The van der Waals surface area contributed by atoms with Crippen LogP contribution in [0.2, 0.25) is 0 Å². The van der Waals surface area contributed by atoms with Crippen molar-refractivity contribution in [1.82, 2.24) is 4.90 Å². The Bertz CT molecular complexity index is 66.9. The molecule has 0 aromatic carbocycles. The van der Waals surface area contributed by atoms with E-state index in [0.29, 0.717) is 12.1 Å². The molecule has 0 aliphatic carbocycles. The Morgan fingerprint density at radius 1 is 1.38 bits per heavy atom. The van der Waals surface area contributed by atoms with Gasteiger partial charge in [-0.25, -0.2) is 0 Å². The molecule has 0 N–H and O–H groups in total. The third kappa shape index (κ3) is 1.52. The molecule has 1 nitrogen and oxygen atoms in total. The van der Waals surface area contributed by atoms with Crippen molar-refractivity contribution in [3.63, 3.8) is 0 Å². The molecule has 8 heavy (non-hydrogen) atoms. The van der Waals surface area contributed by atoms with E-state index in [0.717, 1.165) is 6.42 Å². The first-order valence-electron chi connectivity index (χ1n) is 2.60. The monoisotopic (exact) mass is 186 g/mol. The predicted octanol–water partition coefficient (Wildman–Crippen LogP) is 0.725. The van der Waals surface area contributed by atoms with Crippen LogP contribution < -0.4 is 0 Å². The van der Waals surface area contributed by atoms with Gasteiger partial charge in [0.15, 0.2) is 0 Å². The standard InChI is InChI=1S/C6H11N.Y/c1-5-4-6(2)7(5)3;/h5-6H,1-2,4H2,3H3;/q-2;. The average molecular weight is 186 g/mol. The molecule has 1 heterocycles. The Morgan fingerprint density at radius 3 is 1.75 bits per heavy atom. The van der Waals surface area contributed by atoms with Gasteiger partial charge in [-0.1, -0.05) is 6.42 Å². The first-order chi connectivity index (χ1) is 3.22. The van der Waals surface area contributed by atoms with E-state index in [-0.39, 0.29) is 32.7 Å². The summed E-state index contributed by atoms with van der Waals surface area (Å²) in [7, 11) is 2.05. The van der Waals surface area contributed by atoms with Gasteiger partial charge in [-0.2, -0.15) is 0 Å². The van der Waals surface area contributed by atoms with E-state index < -0.39 is 0 Å². The minimum absolute atomic E-state index is 0. The second kappa shape index (κ2) is 3.29. The van der Waals surface area contributed by atoms with Crippen molar-refractivity contribution in [2.45, 2.75) is 18.5 Å². The van der Waals surface area contributed by atoms with Crippen molar-refractivity contribution in [3.05, 3.63) is 13.8 Å². The second-order valence-corrected chi connectivity index (χ2v) is 2.21. The van der Waals surface area contributed by atoms with Crippen molar-refractivity contribution in [2.24, 2.45) is 0 Å². The fourth-order valence-corrected chi connectivity index (χ4v) is 0.807. The average Bonchev–Trinajstić information content (AvgIpc) is 1.68. The van der Waals surface area contributed by atoms with Crippen LogP contribution in [0.1, 0.15) is 6.42 Å². The van der Waals surface area contributed by atoms with Crippen molar-refractivity contribution in [1.29, 1.82) is 0 Å². The fraction of sp³-hybridized carbons (Fsp3) is 0.667. The molecule has 0 spiro atoms. The fourth-order valence-electron chi connectivity index (χ4n) is 0.807. The van der Waals surface area contributed by atoms with E-state index >= 15 is 0 Å². The van der Waals surface area contributed by atoms with Gasteiger partial charge in [-0.15, -0.1) is 12.1 Å². The maximum absolute atomic E-state index is 3.86.